The van der Waals surface area contributed by atoms with Gasteiger partial charge in [0, 0.05) is 32.1 Å². The van der Waals surface area contributed by atoms with Crippen molar-refractivity contribution in [1.29, 1.82) is 0 Å². The van der Waals surface area contributed by atoms with E-state index < -0.39 is 0 Å². The van der Waals surface area contributed by atoms with Gasteiger partial charge in [-0.05, 0) is 18.6 Å². The smallest absolute Gasteiger partial charge is 0.134 e. The van der Waals surface area contributed by atoms with Crippen LogP contribution in [-0.4, -0.2) is 37.7 Å². The number of likely N-dealkylation sites (tertiary alicyclic amines) is 1. The third kappa shape index (κ3) is 2.66. The highest BCUT2D eigenvalue weighted by Gasteiger charge is 2.24. The summed E-state index contributed by atoms with van der Waals surface area (Å²) < 4.78 is 11.2. The van der Waals surface area contributed by atoms with Gasteiger partial charge in [-0.25, -0.2) is 0 Å². The van der Waals surface area contributed by atoms with Gasteiger partial charge in [-0.1, -0.05) is 18.2 Å². The molecule has 0 saturated carbocycles. The fourth-order valence-electron chi connectivity index (χ4n) is 2.71. The molecule has 0 aliphatic carbocycles. The van der Waals surface area contributed by atoms with Crippen molar-refractivity contribution in [3.05, 3.63) is 36.1 Å². The molecule has 1 fully saturated rings. The molecule has 2 heterocycles. The summed E-state index contributed by atoms with van der Waals surface area (Å²) in [4.78, 5) is 2.34. The Morgan fingerprint density at radius 2 is 2.32 bits per heavy atom. The van der Waals surface area contributed by atoms with Gasteiger partial charge in [-0.2, -0.15) is 0 Å². The van der Waals surface area contributed by atoms with Crippen molar-refractivity contribution in [2.45, 2.75) is 18.6 Å². The largest absolute Gasteiger partial charge is 0.459 e. The van der Waals surface area contributed by atoms with Crippen LogP contribution in [0.2, 0.25) is 0 Å². The lowest BCUT2D eigenvalue weighted by Crippen LogP contribution is -2.31. The maximum Gasteiger partial charge on any atom is 0.134 e. The Morgan fingerprint density at radius 1 is 1.47 bits per heavy atom. The fourth-order valence-corrected chi connectivity index (χ4v) is 2.71. The first-order chi connectivity index (χ1) is 9.26. The number of para-hydroxylation sites is 1. The molecule has 2 N–H and O–H groups in total. The first-order valence-electron chi connectivity index (χ1n) is 6.75. The molecule has 102 valence electrons. The number of ether oxygens (including phenoxy) is 1. The number of fused-ring (bicyclic) bond motifs is 1. The van der Waals surface area contributed by atoms with Crippen molar-refractivity contribution in [2.24, 2.45) is 5.73 Å². The van der Waals surface area contributed by atoms with Gasteiger partial charge in [0.1, 0.15) is 11.3 Å². The Bertz CT molecular complexity index is 519. The van der Waals surface area contributed by atoms with Crippen LogP contribution in [-0.2, 0) is 4.74 Å². The predicted octanol–water partition coefficient (Wildman–Crippen LogP) is 2.15. The second kappa shape index (κ2) is 5.33. The van der Waals surface area contributed by atoms with Gasteiger partial charge < -0.3 is 14.9 Å². The quantitative estimate of drug-likeness (QED) is 0.915. The first-order valence-corrected chi connectivity index (χ1v) is 6.75. The van der Waals surface area contributed by atoms with Crippen LogP contribution < -0.4 is 5.73 Å². The molecule has 4 nitrogen and oxygen atoms in total. The van der Waals surface area contributed by atoms with Crippen molar-refractivity contribution in [1.82, 2.24) is 4.90 Å². The summed E-state index contributed by atoms with van der Waals surface area (Å²) in [6.45, 7) is 2.83. The maximum atomic E-state index is 6.25. The molecule has 1 aromatic heterocycles. The van der Waals surface area contributed by atoms with Crippen LogP contribution in [0.25, 0.3) is 11.0 Å². The van der Waals surface area contributed by atoms with Crippen molar-refractivity contribution < 1.29 is 9.15 Å². The van der Waals surface area contributed by atoms with E-state index in [-0.39, 0.29) is 6.04 Å². The summed E-state index contributed by atoms with van der Waals surface area (Å²) in [6.07, 6.45) is 1.44. The van der Waals surface area contributed by atoms with E-state index in [4.69, 9.17) is 14.9 Å². The lowest BCUT2D eigenvalue weighted by Gasteiger charge is -2.19. The standard InChI is InChI=1S/C15H20N2O2/c1-18-12-6-7-17(9-12)10-13(16)15-8-11-4-2-3-5-14(11)19-15/h2-5,8,12-13H,6-7,9-10,16H2,1H3. The zero-order chi connectivity index (χ0) is 13.2. The van der Waals surface area contributed by atoms with Crippen LogP contribution in [0.1, 0.15) is 18.2 Å². The summed E-state index contributed by atoms with van der Waals surface area (Å²) in [5, 5.41) is 1.11. The van der Waals surface area contributed by atoms with E-state index in [0.717, 1.165) is 42.8 Å². The minimum Gasteiger partial charge on any atom is -0.459 e. The molecule has 2 atom stereocenters. The van der Waals surface area contributed by atoms with Crippen LogP contribution >= 0.6 is 0 Å². The molecule has 1 aromatic carbocycles. The molecule has 2 aromatic rings. The summed E-state index contributed by atoms with van der Waals surface area (Å²) in [6, 6.07) is 9.97. The van der Waals surface area contributed by atoms with Crippen LogP contribution in [0.15, 0.2) is 34.7 Å². The van der Waals surface area contributed by atoms with Crippen molar-refractivity contribution in [2.75, 3.05) is 26.7 Å². The average Bonchev–Trinajstić information content (AvgIpc) is 3.04. The third-order valence-electron chi connectivity index (χ3n) is 3.83. The molecule has 19 heavy (non-hydrogen) atoms. The summed E-state index contributed by atoms with van der Waals surface area (Å²) in [5.41, 5.74) is 7.16. The van der Waals surface area contributed by atoms with Crippen LogP contribution in [0.5, 0.6) is 0 Å². The van der Waals surface area contributed by atoms with Crippen LogP contribution in [0.4, 0.5) is 0 Å². The van der Waals surface area contributed by atoms with Crippen LogP contribution in [0.3, 0.4) is 0 Å². The lowest BCUT2D eigenvalue weighted by molar-refractivity contribution is 0.107. The van der Waals surface area contributed by atoms with Gasteiger partial charge in [-0.3, -0.25) is 4.90 Å². The van der Waals surface area contributed by atoms with Gasteiger partial charge in [-0.15, -0.1) is 0 Å². The average molecular weight is 260 g/mol. The Kier molecular flexibility index (Phi) is 3.55. The second-order valence-corrected chi connectivity index (χ2v) is 5.20. The SMILES string of the molecule is COC1CCN(CC(N)c2cc3ccccc3o2)C1. The monoisotopic (exact) mass is 260 g/mol. The van der Waals surface area contributed by atoms with Gasteiger partial charge in [0.15, 0.2) is 0 Å². The molecule has 0 amide bonds. The highest BCUT2D eigenvalue weighted by atomic mass is 16.5. The normalized spacial score (nSPS) is 22.1. The van der Waals surface area contributed by atoms with E-state index in [1.54, 1.807) is 7.11 Å². The van der Waals surface area contributed by atoms with Gasteiger partial charge >= 0.3 is 0 Å². The summed E-state index contributed by atoms with van der Waals surface area (Å²) in [5.74, 6) is 0.863. The maximum absolute atomic E-state index is 6.25. The van der Waals surface area contributed by atoms with E-state index in [1.807, 2.05) is 30.3 Å². The molecule has 3 rings (SSSR count). The van der Waals surface area contributed by atoms with Gasteiger partial charge in [0.05, 0.1) is 12.1 Å². The second-order valence-electron chi connectivity index (χ2n) is 5.20. The Balaban J connectivity index is 1.68. The number of methoxy groups -OCH3 is 1. The van der Waals surface area contributed by atoms with E-state index in [0.29, 0.717) is 6.10 Å². The van der Waals surface area contributed by atoms with E-state index in [2.05, 4.69) is 4.90 Å². The van der Waals surface area contributed by atoms with Crippen molar-refractivity contribution in [3.8, 4) is 0 Å². The van der Waals surface area contributed by atoms with E-state index in [1.165, 1.54) is 0 Å². The highest BCUT2D eigenvalue weighted by molar-refractivity contribution is 5.77. The highest BCUT2D eigenvalue weighted by Crippen LogP contribution is 2.24. The Labute approximate surface area is 113 Å². The number of benzene rings is 1. The van der Waals surface area contributed by atoms with Crippen molar-refractivity contribution >= 4 is 11.0 Å². The molecule has 0 radical (unpaired) electrons. The third-order valence-corrected chi connectivity index (χ3v) is 3.83. The zero-order valence-electron chi connectivity index (χ0n) is 11.2. The minimum atomic E-state index is -0.0805. The first kappa shape index (κ1) is 12.7. The number of nitrogens with zero attached hydrogens (tertiary/aromatic N) is 1. The lowest BCUT2D eigenvalue weighted by atomic mass is 10.2. The Hall–Kier alpha value is -1.36. The molecule has 1 aliphatic heterocycles. The molecule has 1 saturated heterocycles. The van der Waals surface area contributed by atoms with Gasteiger partial charge in [0.25, 0.3) is 0 Å². The number of rotatable bonds is 4. The summed E-state index contributed by atoms with van der Waals surface area (Å²) in [7, 11) is 1.77. The topological polar surface area (TPSA) is 51.6 Å². The molecular formula is C15H20N2O2. The van der Waals surface area contributed by atoms with E-state index >= 15 is 0 Å². The fraction of sp³-hybridized carbons (Fsp3) is 0.467. The van der Waals surface area contributed by atoms with E-state index in [9.17, 15) is 0 Å². The van der Waals surface area contributed by atoms with Crippen molar-refractivity contribution in [3.63, 3.8) is 0 Å². The predicted molar refractivity (Wildman–Crippen MR) is 75.0 cm³/mol. The van der Waals surface area contributed by atoms with Crippen LogP contribution in [0, 0.1) is 0 Å². The summed E-state index contributed by atoms with van der Waals surface area (Å²) >= 11 is 0. The number of nitrogens with two attached hydrogens (primary N) is 1. The number of hydrogen-bond donors (Lipinski definition) is 1. The molecular weight excluding hydrogens is 240 g/mol. The van der Waals surface area contributed by atoms with Gasteiger partial charge in [0.2, 0.25) is 0 Å². The molecule has 1 aliphatic rings. The zero-order valence-corrected chi connectivity index (χ0v) is 11.2. The minimum absolute atomic E-state index is 0.0805. The number of furan rings is 1. The molecule has 4 heteroatoms. The number of hydrogen-bond acceptors (Lipinski definition) is 4. The molecule has 0 bridgehead atoms. The Morgan fingerprint density at radius 3 is 3.05 bits per heavy atom. The molecule has 2 unspecified atom stereocenters. The molecule has 0 spiro atoms.